The van der Waals surface area contributed by atoms with Crippen LogP contribution < -0.4 is 5.32 Å². The SMILES string of the molecule is Cc1ccccc1-n1cc(CNC(=O)[C@]23CC[C@@H](C)[C@H](C)[C@H]2C2=CC[C@@H]4[C@@]5(C)C[C@@H](O)[C@H](O)[C@@](C)(CO)[C@@H]5CC[C@@]4(C)[C@]2(C)CC3)nn1. The Hall–Kier alpha value is -2.55. The van der Waals surface area contributed by atoms with E-state index in [1.807, 2.05) is 31.3 Å². The normalized spacial score (nSPS) is 45.2. The van der Waals surface area contributed by atoms with Crippen molar-refractivity contribution in [3.63, 3.8) is 0 Å². The number of benzene rings is 1. The first-order valence-corrected chi connectivity index (χ1v) is 18.6. The van der Waals surface area contributed by atoms with Crippen molar-refractivity contribution in [2.45, 2.75) is 119 Å². The summed E-state index contributed by atoms with van der Waals surface area (Å²) in [4.78, 5) is 14.6. The van der Waals surface area contributed by atoms with E-state index >= 15 is 0 Å². The average molecular weight is 659 g/mol. The molecule has 1 heterocycles. The minimum Gasteiger partial charge on any atom is -0.396 e. The molecule has 262 valence electrons. The molecule has 0 spiro atoms. The number of hydrogen-bond donors (Lipinski definition) is 4. The van der Waals surface area contributed by atoms with E-state index in [9.17, 15) is 20.1 Å². The van der Waals surface area contributed by atoms with Crippen molar-refractivity contribution in [1.29, 1.82) is 0 Å². The highest BCUT2D eigenvalue weighted by molar-refractivity contribution is 5.84. The van der Waals surface area contributed by atoms with Gasteiger partial charge >= 0.3 is 0 Å². The third-order valence-corrected chi connectivity index (χ3v) is 15.9. The first-order valence-electron chi connectivity index (χ1n) is 18.6. The number of aromatic nitrogens is 3. The number of aryl methyl sites for hydroxylation is 1. The number of nitrogens with zero attached hydrogens (tertiary/aromatic N) is 3. The van der Waals surface area contributed by atoms with Gasteiger partial charge in [-0.15, -0.1) is 5.10 Å². The molecule has 0 radical (unpaired) electrons. The van der Waals surface area contributed by atoms with E-state index in [0.29, 0.717) is 30.7 Å². The minimum absolute atomic E-state index is 0.0160. The summed E-state index contributed by atoms with van der Waals surface area (Å²) in [5, 5.41) is 45.1. The third kappa shape index (κ3) is 4.53. The number of fused-ring (bicyclic) bond motifs is 7. The Morgan fingerprint density at radius 2 is 1.77 bits per heavy atom. The Labute approximate surface area is 286 Å². The summed E-state index contributed by atoms with van der Waals surface area (Å²) in [7, 11) is 0. The van der Waals surface area contributed by atoms with Gasteiger partial charge in [-0.05, 0) is 116 Å². The van der Waals surface area contributed by atoms with Gasteiger partial charge in [0, 0.05) is 5.41 Å². The number of allylic oxidation sites excluding steroid dienone is 2. The number of amides is 1. The van der Waals surface area contributed by atoms with Gasteiger partial charge in [0.25, 0.3) is 0 Å². The van der Waals surface area contributed by atoms with Crippen LogP contribution in [0.4, 0.5) is 0 Å². The monoisotopic (exact) mass is 658 g/mol. The van der Waals surface area contributed by atoms with E-state index in [2.05, 4.69) is 69.3 Å². The van der Waals surface area contributed by atoms with Crippen LogP contribution in [-0.2, 0) is 11.3 Å². The molecule has 12 atom stereocenters. The lowest BCUT2D eigenvalue weighted by atomic mass is 9.33. The van der Waals surface area contributed by atoms with Crippen LogP contribution in [-0.4, -0.2) is 55.0 Å². The number of nitrogens with one attached hydrogen (secondary N) is 1. The number of rotatable bonds is 5. The van der Waals surface area contributed by atoms with Crippen LogP contribution >= 0.6 is 0 Å². The van der Waals surface area contributed by atoms with Gasteiger partial charge < -0.3 is 20.6 Å². The van der Waals surface area contributed by atoms with Crippen LogP contribution in [0.25, 0.3) is 5.69 Å². The van der Waals surface area contributed by atoms with Crippen molar-refractivity contribution in [1.82, 2.24) is 20.3 Å². The fraction of sp³-hybridized carbons (Fsp3) is 0.725. The summed E-state index contributed by atoms with van der Waals surface area (Å²) in [5.41, 5.74) is 2.89. The first-order chi connectivity index (χ1) is 22.7. The number of hydrogen-bond acceptors (Lipinski definition) is 6. The molecule has 0 unspecified atom stereocenters. The highest BCUT2D eigenvalue weighted by Crippen LogP contribution is 2.75. The zero-order chi connectivity index (χ0) is 34.4. The minimum atomic E-state index is -0.916. The molecule has 2 aromatic rings. The molecule has 48 heavy (non-hydrogen) atoms. The zero-order valence-electron chi connectivity index (χ0n) is 30.2. The van der Waals surface area contributed by atoms with Gasteiger partial charge in [-0.25, -0.2) is 4.68 Å². The highest BCUT2D eigenvalue weighted by atomic mass is 16.3. The summed E-state index contributed by atoms with van der Waals surface area (Å²) >= 11 is 0. The van der Waals surface area contributed by atoms with Crippen LogP contribution in [0.1, 0.15) is 104 Å². The summed E-state index contributed by atoms with van der Waals surface area (Å²) in [6.07, 6.45) is 9.90. The van der Waals surface area contributed by atoms with E-state index < -0.39 is 23.0 Å². The lowest BCUT2D eigenvalue weighted by Gasteiger charge is -2.71. The Balaban J connectivity index is 1.20. The summed E-state index contributed by atoms with van der Waals surface area (Å²) < 4.78 is 1.79. The average Bonchev–Trinajstić information content (AvgIpc) is 3.53. The largest absolute Gasteiger partial charge is 0.396 e. The maximum atomic E-state index is 14.6. The molecule has 7 rings (SSSR count). The van der Waals surface area contributed by atoms with Crippen molar-refractivity contribution < 1.29 is 20.1 Å². The van der Waals surface area contributed by atoms with Gasteiger partial charge in [0.2, 0.25) is 5.91 Å². The summed E-state index contributed by atoms with van der Waals surface area (Å²) in [6, 6.07) is 8.10. The Kier molecular flexibility index (Phi) is 8.12. The molecule has 4 N–H and O–H groups in total. The lowest BCUT2D eigenvalue weighted by molar-refractivity contribution is -0.243. The highest BCUT2D eigenvalue weighted by Gasteiger charge is 2.70. The topological polar surface area (TPSA) is 121 Å². The molecule has 8 nitrogen and oxygen atoms in total. The van der Waals surface area contributed by atoms with Crippen LogP contribution in [0.5, 0.6) is 0 Å². The van der Waals surface area contributed by atoms with Crippen molar-refractivity contribution in [2.24, 2.45) is 56.7 Å². The van der Waals surface area contributed by atoms with Gasteiger partial charge in [0.05, 0.1) is 42.7 Å². The molecule has 1 aromatic heterocycles. The van der Waals surface area contributed by atoms with Crippen molar-refractivity contribution in [2.75, 3.05) is 6.61 Å². The number of para-hydroxylation sites is 1. The van der Waals surface area contributed by atoms with Gasteiger partial charge in [-0.1, -0.05) is 76.6 Å². The van der Waals surface area contributed by atoms with Crippen LogP contribution in [0, 0.1) is 63.6 Å². The predicted molar refractivity (Wildman–Crippen MR) is 186 cm³/mol. The fourth-order valence-electron chi connectivity index (χ4n) is 12.7. The Bertz CT molecular complexity index is 1600. The summed E-state index contributed by atoms with van der Waals surface area (Å²) in [5.74, 6) is 1.70. The number of carbonyl (C=O) groups excluding carboxylic acids is 1. The molecule has 0 bridgehead atoms. The van der Waals surface area contributed by atoms with E-state index in [4.69, 9.17) is 0 Å². The zero-order valence-corrected chi connectivity index (χ0v) is 30.2. The second-order valence-corrected chi connectivity index (χ2v) is 17.8. The first kappa shape index (κ1) is 33.9. The van der Waals surface area contributed by atoms with Gasteiger partial charge in [0.1, 0.15) is 5.69 Å². The van der Waals surface area contributed by atoms with E-state index in [-0.39, 0.29) is 40.6 Å². The third-order valence-electron chi connectivity index (χ3n) is 15.9. The predicted octanol–water partition coefficient (Wildman–Crippen LogP) is 6.15. The standard InChI is InChI=1S/C40H58N4O4/c1-24-14-17-40(35(48)41-21-27-22-44(43-42-27)29-11-9-8-10-25(29)2)19-18-38(6)28(33(40)26(24)3)12-13-32-36(4)20-30(46)34(47)37(5,23-45)31(36)15-16-39(32,38)7/h8-12,22,24,26,30-34,45-47H,13-21,23H2,1-7H3,(H,41,48)/t24-,26+,30-,31-,32-,33+,34+,36+,37+,38-,39-,40+/m1/s1. The Morgan fingerprint density at radius 3 is 2.50 bits per heavy atom. The quantitative estimate of drug-likeness (QED) is 0.286. The van der Waals surface area contributed by atoms with E-state index in [0.717, 1.165) is 61.9 Å². The fourth-order valence-corrected chi connectivity index (χ4v) is 12.7. The molecule has 4 fully saturated rings. The summed E-state index contributed by atoms with van der Waals surface area (Å²) in [6.45, 7) is 16.4. The molecule has 1 amide bonds. The lowest BCUT2D eigenvalue weighted by Crippen LogP contribution is -2.68. The Morgan fingerprint density at radius 1 is 1.02 bits per heavy atom. The van der Waals surface area contributed by atoms with E-state index in [1.54, 1.807) is 4.68 Å². The molecule has 4 saturated carbocycles. The molecule has 5 aliphatic carbocycles. The second-order valence-electron chi connectivity index (χ2n) is 17.8. The van der Waals surface area contributed by atoms with Gasteiger partial charge in [0.15, 0.2) is 0 Å². The molecule has 5 aliphatic rings. The van der Waals surface area contributed by atoms with E-state index in [1.165, 1.54) is 5.57 Å². The maximum absolute atomic E-state index is 14.6. The molecular formula is C40H58N4O4. The van der Waals surface area contributed by atoms with Crippen molar-refractivity contribution in [3.8, 4) is 5.69 Å². The molecular weight excluding hydrogens is 600 g/mol. The molecule has 1 aromatic carbocycles. The smallest absolute Gasteiger partial charge is 0.227 e. The molecule has 8 heteroatoms. The van der Waals surface area contributed by atoms with Crippen molar-refractivity contribution in [3.05, 3.63) is 53.4 Å². The number of aliphatic hydroxyl groups excluding tert-OH is 3. The van der Waals surface area contributed by atoms with Crippen LogP contribution in [0.2, 0.25) is 0 Å². The van der Waals surface area contributed by atoms with Crippen molar-refractivity contribution >= 4 is 5.91 Å². The second kappa shape index (κ2) is 11.5. The molecule has 0 aliphatic heterocycles. The maximum Gasteiger partial charge on any atom is 0.227 e. The van der Waals surface area contributed by atoms with Crippen LogP contribution in [0.15, 0.2) is 42.1 Å². The van der Waals surface area contributed by atoms with Crippen LogP contribution in [0.3, 0.4) is 0 Å². The van der Waals surface area contributed by atoms with Gasteiger partial charge in [-0.2, -0.15) is 0 Å². The number of aliphatic hydroxyl groups is 3. The number of carbonyl (C=O) groups is 1. The molecule has 0 saturated heterocycles. The van der Waals surface area contributed by atoms with Gasteiger partial charge in [-0.3, -0.25) is 4.79 Å².